The number of nitrogens with zero attached hydrogens (tertiary/aromatic N) is 4. The number of hydrogen-bond acceptors (Lipinski definition) is 5. The maximum atomic E-state index is 4.33. The van der Waals surface area contributed by atoms with Crippen molar-refractivity contribution in [1.29, 1.82) is 0 Å². The zero-order valence-electron chi connectivity index (χ0n) is 20.6. The third-order valence-corrected chi connectivity index (χ3v) is 5.82. The Labute approximate surface area is 211 Å². The third-order valence-electron chi connectivity index (χ3n) is 4.87. The standard InChI is InChI=1S/C10H9N.C8H7NS.C7H8.C5H6N2/c1-8-4-2-5-9-6-3-7-11-10(8)9;1-6-9-7-4-2-3-5-8(7)10-6;1-7-5-3-2-4-6-7;1-5-6-3-2-4-7-5/h2-7H,1H3;2-5H,1H3;2-6H,1H3;2-4H,1H3. The number of rotatable bonds is 0. The summed E-state index contributed by atoms with van der Waals surface area (Å²) in [6.07, 6.45) is 5.28. The number of para-hydroxylation sites is 2. The van der Waals surface area contributed by atoms with E-state index >= 15 is 0 Å². The van der Waals surface area contributed by atoms with Crippen LogP contribution >= 0.6 is 11.3 Å². The maximum Gasteiger partial charge on any atom is 0.125 e. The van der Waals surface area contributed by atoms with Crippen molar-refractivity contribution in [2.75, 3.05) is 0 Å². The van der Waals surface area contributed by atoms with Gasteiger partial charge in [0, 0.05) is 24.0 Å². The number of pyridine rings is 1. The van der Waals surface area contributed by atoms with Crippen LogP contribution in [0.5, 0.6) is 0 Å². The predicted molar refractivity (Wildman–Crippen MR) is 149 cm³/mol. The second kappa shape index (κ2) is 13.7. The van der Waals surface area contributed by atoms with Gasteiger partial charge in [0.25, 0.3) is 0 Å². The molecule has 0 saturated heterocycles. The number of hydrogen-bond donors (Lipinski definition) is 0. The van der Waals surface area contributed by atoms with Crippen LogP contribution in [-0.4, -0.2) is 19.9 Å². The molecular formula is C30H30N4S. The Morgan fingerprint density at radius 1 is 0.571 bits per heavy atom. The summed E-state index contributed by atoms with van der Waals surface area (Å²) < 4.78 is 1.28. The van der Waals surface area contributed by atoms with Crippen LogP contribution in [0.15, 0.2) is 110 Å². The highest BCUT2D eigenvalue weighted by molar-refractivity contribution is 7.18. The van der Waals surface area contributed by atoms with Crippen molar-refractivity contribution in [1.82, 2.24) is 19.9 Å². The molecule has 0 aliphatic rings. The SMILES string of the molecule is Cc1cccc2cccnc12.Cc1ccccc1.Cc1nc2ccccc2s1.Cc1ncccn1. The van der Waals surface area contributed by atoms with Gasteiger partial charge >= 0.3 is 0 Å². The first-order valence-electron chi connectivity index (χ1n) is 11.4. The quantitative estimate of drug-likeness (QED) is 0.222. The highest BCUT2D eigenvalue weighted by Gasteiger charge is 1.95. The van der Waals surface area contributed by atoms with Gasteiger partial charge in [0.05, 0.1) is 20.7 Å². The van der Waals surface area contributed by atoms with Gasteiger partial charge in [-0.1, -0.05) is 72.3 Å². The molecule has 6 rings (SSSR count). The highest BCUT2D eigenvalue weighted by Crippen LogP contribution is 2.20. The van der Waals surface area contributed by atoms with Crippen LogP contribution in [0.25, 0.3) is 21.1 Å². The summed E-state index contributed by atoms with van der Waals surface area (Å²) >= 11 is 1.74. The van der Waals surface area contributed by atoms with Gasteiger partial charge < -0.3 is 0 Å². The molecule has 0 aliphatic carbocycles. The number of aryl methyl sites for hydroxylation is 4. The van der Waals surface area contributed by atoms with Crippen LogP contribution in [-0.2, 0) is 0 Å². The monoisotopic (exact) mass is 478 g/mol. The van der Waals surface area contributed by atoms with Gasteiger partial charge in [-0.05, 0) is 57.5 Å². The first-order valence-corrected chi connectivity index (χ1v) is 12.2. The second-order valence-corrected chi connectivity index (χ2v) is 9.04. The summed E-state index contributed by atoms with van der Waals surface area (Å²) in [4.78, 5) is 16.3. The van der Waals surface area contributed by atoms with E-state index in [1.54, 1.807) is 29.8 Å². The fraction of sp³-hybridized carbons (Fsp3) is 0.133. The number of benzene rings is 3. The van der Waals surface area contributed by atoms with Gasteiger partial charge in [0.2, 0.25) is 0 Å². The molecule has 3 aromatic carbocycles. The Morgan fingerprint density at radius 3 is 1.83 bits per heavy atom. The van der Waals surface area contributed by atoms with Crippen molar-refractivity contribution in [3.8, 4) is 0 Å². The minimum absolute atomic E-state index is 0.822. The molecule has 35 heavy (non-hydrogen) atoms. The Bertz CT molecular complexity index is 1350. The molecule has 0 atom stereocenters. The minimum Gasteiger partial charge on any atom is -0.256 e. The highest BCUT2D eigenvalue weighted by atomic mass is 32.1. The lowest BCUT2D eigenvalue weighted by atomic mass is 10.1. The van der Waals surface area contributed by atoms with Crippen LogP contribution in [0, 0.1) is 27.7 Å². The van der Waals surface area contributed by atoms with Crippen molar-refractivity contribution < 1.29 is 0 Å². The molecule has 0 unspecified atom stereocenters. The van der Waals surface area contributed by atoms with E-state index in [0.29, 0.717) is 0 Å². The third kappa shape index (κ3) is 8.72. The normalized spacial score (nSPS) is 9.71. The summed E-state index contributed by atoms with van der Waals surface area (Å²) in [5, 5.41) is 2.36. The molecule has 0 spiro atoms. The second-order valence-electron chi connectivity index (χ2n) is 7.80. The Kier molecular flexibility index (Phi) is 10.0. The lowest BCUT2D eigenvalue weighted by molar-refractivity contribution is 1.05. The van der Waals surface area contributed by atoms with Crippen LogP contribution in [0.3, 0.4) is 0 Å². The first-order chi connectivity index (χ1) is 17.0. The van der Waals surface area contributed by atoms with E-state index in [0.717, 1.165) is 21.9 Å². The molecule has 6 aromatic rings. The lowest BCUT2D eigenvalue weighted by Crippen LogP contribution is -1.80. The van der Waals surface area contributed by atoms with Crippen LogP contribution in [0.1, 0.15) is 22.0 Å². The largest absolute Gasteiger partial charge is 0.256 e. The molecule has 0 saturated carbocycles. The van der Waals surface area contributed by atoms with E-state index in [1.807, 2.05) is 62.5 Å². The average Bonchev–Trinajstić information content (AvgIpc) is 3.27. The van der Waals surface area contributed by atoms with Gasteiger partial charge in [-0.25, -0.2) is 15.0 Å². The Balaban J connectivity index is 0.000000133. The Hall–Kier alpha value is -3.96. The molecule has 0 fully saturated rings. The summed E-state index contributed by atoms with van der Waals surface area (Å²) in [6, 6.07) is 30.5. The van der Waals surface area contributed by atoms with E-state index in [-0.39, 0.29) is 0 Å². The van der Waals surface area contributed by atoms with Gasteiger partial charge in [0.1, 0.15) is 5.82 Å². The lowest BCUT2D eigenvalue weighted by Gasteiger charge is -1.97. The van der Waals surface area contributed by atoms with Gasteiger partial charge in [0.15, 0.2) is 0 Å². The van der Waals surface area contributed by atoms with Crippen molar-refractivity contribution in [2.45, 2.75) is 27.7 Å². The van der Waals surface area contributed by atoms with E-state index in [2.05, 4.69) is 76.2 Å². The molecule has 3 aromatic heterocycles. The van der Waals surface area contributed by atoms with Crippen molar-refractivity contribution in [3.05, 3.63) is 132 Å². The first kappa shape index (κ1) is 25.7. The fourth-order valence-corrected chi connectivity index (χ4v) is 3.98. The number of fused-ring (bicyclic) bond motifs is 2. The van der Waals surface area contributed by atoms with Crippen LogP contribution in [0.2, 0.25) is 0 Å². The molecule has 5 heteroatoms. The molecule has 0 N–H and O–H groups in total. The molecule has 0 amide bonds. The van der Waals surface area contributed by atoms with Gasteiger partial charge in [-0.3, -0.25) is 4.98 Å². The minimum atomic E-state index is 0.822. The van der Waals surface area contributed by atoms with Crippen molar-refractivity contribution in [2.24, 2.45) is 0 Å². The summed E-state index contributed by atoms with van der Waals surface area (Å²) in [6.45, 7) is 8.06. The zero-order chi connectivity index (χ0) is 24.9. The summed E-state index contributed by atoms with van der Waals surface area (Å²) in [7, 11) is 0. The van der Waals surface area contributed by atoms with E-state index in [1.165, 1.54) is 21.2 Å². The molecular weight excluding hydrogens is 448 g/mol. The maximum absolute atomic E-state index is 4.33. The number of aromatic nitrogens is 4. The van der Waals surface area contributed by atoms with Gasteiger partial charge in [-0.2, -0.15) is 0 Å². The average molecular weight is 479 g/mol. The molecule has 0 radical (unpaired) electrons. The summed E-state index contributed by atoms with van der Waals surface area (Å²) in [5.74, 6) is 0.822. The number of thiazole rings is 1. The van der Waals surface area contributed by atoms with Crippen molar-refractivity contribution >= 4 is 32.5 Å². The predicted octanol–water partition coefficient (Wildman–Crippen LogP) is 7.93. The van der Waals surface area contributed by atoms with Crippen LogP contribution in [0.4, 0.5) is 0 Å². The molecule has 0 bridgehead atoms. The summed E-state index contributed by atoms with van der Waals surface area (Å²) in [5.41, 5.74) is 4.78. The smallest absolute Gasteiger partial charge is 0.125 e. The van der Waals surface area contributed by atoms with E-state index < -0.39 is 0 Å². The molecule has 176 valence electrons. The molecule has 4 nitrogen and oxygen atoms in total. The molecule has 3 heterocycles. The topological polar surface area (TPSA) is 51.6 Å². The van der Waals surface area contributed by atoms with Crippen molar-refractivity contribution in [3.63, 3.8) is 0 Å². The van der Waals surface area contributed by atoms with Crippen LogP contribution < -0.4 is 0 Å². The van der Waals surface area contributed by atoms with E-state index in [9.17, 15) is 0 Å². The van der Waals surface area contributed by atoms with Gasteiger partial charge in [-0.15, -0.1) is 11.3 Å². The zero-order valence-corrected chi connectivity index (χ0v) is 21.4. The molecule has 0 aliphatic heterocycles. The fourth-order valence-electron chi connectivity index (χ4n) is 3.15. The Morgan fingerprint density at radius 2 is 1.23 bits per heavy atom. The van der Waals surface area contributed by atoms with E-state index in [4.69, 9.17) is 0 Å².